The molecule has 2 N–H and O–H groups in total. The Labute approximate surface area is 210 Å². The van der Waals surface area contributed by atoms with Crippen LogP contribution in [-0.2, 0) is 13.5 Å². The minimum absolute atomic E-state index is 0.387. The van der Waals surface area contributed by atoms with E-state index in [1.54, 1.807) is 6.33 Å². The highest BCUT2D eigenvalue weighted by molar-refractivity contribution is 5.92. The molecule has 0 radical (unpaired) electrons. The molecule has 0 amide bonds. The Hall–Kier alpha value is -4.04. The van der Waals surface area contributed by atoms with Crippen molar-refractivity contribution in [3.05, 3.63) is 78.0 Å². The number of piperazine rings is 1. The van der Waals surface area contributed by atoms with Gasteiger partial charge in [-0.1, -0.05) is 12.1 Å². The highest BCUT2D eigenvalue weighted by atomic mass is 15.3. The summed E-state index contributed by atoms with van der Waals surface area (Å²) >= 11 is 0. The topological polar surface area (TPSA) is 83.8 Å². The molecule has 0 saturated carbocycles. The van der Waals surface area contributed by atoms with Gasteiger partial charge in [0, 0.05) is 43.8 Å². The maximum absolute atomic E-state index is 4.69. The van der Waals surface area contributed by atoms with Crippen LogP contribution in [0.5, 0.6) is 0 Å². The Morgan fingerprint density at radius 3 is 2.81 bits per heavy atom. The number of nitrogens with zero attached hydrogens (tertiary/aromatic N) is 6. The summed E-state index contributed by atoms with van der Waals surface area (Å²) in [6.45, 7) is 7.23. The van der Waals surface area contributed by atoms with Crippen molar-refractivity contribution >= 4 is 39.3 Å². The van der Waals surface area contributed by atoms with E-state index in [1.165, 1.54) is 16.7 Å². The minimum Gasteiger partial charge on any atom is -0.351 e. The van der Waals surface area contributed by atoms with Crippen LogP contribution in [0.4, 0.5) is 17.3 Å². The number of aromatic nitrogens is 5. The third kappa shape index (κ3) is 4.24. The third-order valence-electron chi connectivity index (χ3n) is 7.09. The van der Waals surface area contributed by atoms with Crippen molar-refractivity contribution in [2.24, 2.45) is 7.05 Å². The van der Waals surface area contributed by atoms with Crippen LogP contribution in [0.15, 0.2) is 61.3 Å². The van der Waals surface area contributed by atoms with Crippen LogP contribution >= 0.6 is 0 Å². The van der Waals surface area contributed by atoms with Gasteiger partial charge in [-0.05, 0) is 67.3 Å². The van der Waals surface area contributed by atoms with Crippen molar-refractivity contribution in [2.75, 3.05) is 29.9 Å². The molecule has 1 atom stereocenters. The van der Waals surface area contributed by atoms with E-state index in [1.807, 2.05) is 24.1 Å². The normalized spacial score (nSPS) is 16.1. The lowest BCUT2D eigenvalue weighted by Gasteiger charge is -2.35. The van der Waals surface area contributed by atoms with Crippen LogP contribution in [0.3, 0.4) is 0 Å². The highest BCUT2D eigenvalue weighted by Crippen LogP contribution is 2.28. The lowest BCUT2D eigenvalue weighted by atomic mass is 9.99. The predicted octanol–water partition coefficient (Wildman–Crippen LogP) is 4.35. The molecule has 1 aliphatic rings. The zero-order chi connectivity index (χ0) is 24.6. The van der Waals surface area contributed by atoms with Crippen LogP contribution in [-0.4, -0.2) is 50.2 Å². The Kier molecular flexibility index (Phi) is 5.73. The summed E-state index contributed by atoms with van der Waals surface area (Å²) in [4.78, 5) is 20.5. The standard InChI is InChI=1S/C28H30N8/c1-18-10-22(6-5-21(18)11-20-4-7-26-24(12-20)33-17-35(26)3)34-28-23-13-27(30-15-25(23)31-16-32-28)36-9-8-29-14-19(36)2/h4-7,10,12-13,15-17,19,29H,8-9,11,14H2,1-3H3,(H,31,32,34)/t19-/m0/s1. The fourth-order valence-corrected chi connectivity index (χ4v) is 5.01. The Balaban J connectivity index is 1.25. The summed E-state index contributed by atoms with van der Waals surface area (Å²) in [6, 6.07) is 15.5. The summed E-state index contributed by atoms with van der Waals surface area (Å²) in [5.41, 5.74) is 7.80. The first-order valence-corrected chi connectivity index (χ1v) is 12.4. The maximum atomic E-state index is 4.69. The van der Waals surface area contributed by atoms with Gasteiger partial charge in [0.15, 0.2) is 0 Å². The van der Waals surface area contributed by atoms with E-state index in [0.29, 0.717) is 6.04 Å². The van der Waals surface area contributed by atoms with Crippen LogP contribution in [0, 0.1) is 6.92 Å². The van der Waals surface area contributed by atoms with Crippen LogP contribution in [0.1, 0.15) is 23.6 Å². The minimum atomic E-state index is 0.387. The summed E-state index contributed by atoms with van der Waals surface area (Å²) in [5.74, 6) is 1.75. The summed E-state index contributed by atoms with van der Waals surface area (Å²) < 4.78 is 2.05. The highest BCUT2D eigenvalue weighted by Gasteiger charge is 2.20. The summed E-state index contributed by atoms with van der Waals surface area (Å²) in [5, 5.41) is 7.93. The summed E-state index contributed by atoms with van der Waals surface area (Å²) in [7, 11) is 2.02. The van der Waals surface area contributed by atoms with Crippen molar-refractivity contribution in [1.82, 2.24) is 29.8 Å². The Bertz CT molecular complexity index is 1560. The molecule has 4 heterocycles. The molecule has 1 aliphatic heterocycles. The average Bonchev–Trinajstić information content (AvgIpc) is 3.26. The number of nitrogens with one attached hydrogen (secondary N) is 2. The second kappa shape index (κ2) is 9.20. The maximum Gasteiger partial charge on any atom is 0.141 e. The first kappa shape index (κ1) is 22.4. The third-order valence-corrected chi connectivity index (χ3v) is 7.09. The van der Waals surface area contributed by atoms with Gasteiger partial charge in [0.05, 0.1) is 29.1 Å². The van der Waals surface area contributed by atoms with Gasteiger partial charge in [-0.3, -0.25) is 0 Å². The number of pyridine rings is 1. The van der Waals surface area contributed by atoms with Gasteiger partial charge in [0.1, 0.15) is 18.0 Å². The van der Waals surface area contributed by atoms with E-state index in [-0.39, 0.29) is 0 Å². The molecule has 0 spiro atoms. The number of benzene rings is 2. The number of hydrogen-bond acceptors (Lipinski definition) is 7. The number of anilines is 3. The van der Waals surface area contributed by atoms with Crippen molar-refractivity contribution in [3.63, 3.8) is 0 Å². The molecular formula is C28H30N8. The van der Waals surface area contributed by atoms with Crippen molar-refractivity contribution < 1.29 is 0 Å². The zero-order valence-electron chi connectivity index (χ0n) is 20.9. The van der Waals surface area contributed by atoms with Crippen LogP contribution in [0.2, 0.25) is 0 Å². The monoisotopic (exact) mass is 478 g/mol. The van der Waals surface area contributed by atoms with Gasteiger partial charge in [0.25, 0.3) is 0 Å². The second-order valence-electron chi connectivity index (χ2n) is 9.65. The molecule has 1 saturated heterocycles. The summed E-state index contributed by atoms with van der Waals surface area (Å²) in [6.07, 6.45) is 6.17. The van der Waals surface area contributed by atoms with E-state index in [4.69, 9.17) is 0 Å². The van der Waals surface area contributed by atoms with Gasteiger partial charge < -0.3 is 20.1 Å². The van der Waals surface area contributed by atoms with Gasteiger partial charge in [-0.2, -0.15) is 0 Å². The number of hydrogen-bond donors (Lipinski definition) is 2. The van der Waals surface area contributed by atoms with E-state index in [0.717, 1.165) is 65.3 Å². The average molecular weight is 479 g/mol. The Morgan fingerprint density at radius 1 is 1.03 bits per heavy atom. The van der Waals surface area contributed by atoms with E-state index < -0.39 is 0 Å². The largest absolute Gasteiger partial charge is 0.351 e. The number of rotatable bonds is 5. The fraction of sp³-hybridized carbons (Fsp3) is 0.286. The fourth-order valence-electron chi connectivity index (χ4n) is 5.01. The molecule has 36 heavy (non-hydrogen) atoms. The molecule has 0 unspecified atom stereocenters. The van der Waals surface area contributed by atoms with Crippen molar-refractivity contribution in [2.45, 2.75) is 26.3 Å². The molecule has 8 nitrogen and oxygen atoms in total. The Morgan fingerprint density at radius 2 is 1.94 bits per heavy atom. The lowest BCUT2D eigenvalue weighted by molar-refractivity contribution is 0.497. The first-order valence-electron chi connectivity index (χ1n) is 12.4. The molecule has 3 aromatic heterocycles. The van der Waals surface area contributed by atoms with Gasteiger partial charge in [-0.15, -0.1) is 0 Å². The smallest absolute Gasteiger partial charge is 0.141 e. The SMILES string of the molecule is Cc1cc(Nc2ncnc3cnc(N4CCNC[C@@H]4C)cc23)ccc1Cc1ccc2c(c1)ncn2C. The molecule has 0 aliphatic carbocycles. The predicted molar refractivity (Wildman–Crippen MR) is 145 cm³/mol. The van der Waals surface area contributed by atoms with Gasteiger partial charge in [-0.25, -0.2) is 19.9 Å². The lowest BCUT2D eigenvalue weighted by Crippen LogP contribution is -2.50. The van der Waals surface area contributed by atoms with Crippen LogP contribution < -0.4 is 15.5 Å². The van der Waals surface area contributed by atoms with Crippen molar-refractivity contribution in [1.29, 1.82) is 0 Å². The first-order chi connectivity index (χ1) is 17.5. The second-order valence-corrected chi connectivity index (χ2v) is 9.65. The molecule has 5 aromatic rings. The van der Waals surface area contributed by atoms with Crippen LogP contribution in [0.25, 0.3) is 21.9 Å². The van der Waals surface area contributed by atoms with E-state index in [9.17, 15) is 0 Å². The van der Waals surface area contributed by atoms with Crippen molar-refractivity contribution in [3.8, 4) is 0 Å². The molecule has 2 aromatic carbocycles. The number of imidazole rings is 1. The molecule has 8 heteroatoms. The van der Waals surface area contributed by atoms with E-state index >= 15 is 0 Å². The van der Waals surface area contributed by atoms with E-state index in [2.05, 4.69) is 91.8 Å². The molecule has 0 bridgehead atoms. The molecular weight excluding hydrogens is 448 g/mol. The number of aryl methyl sites for hydroxylation is 2. The number of fused-ring (bicyclic) bond motifs is 2. The molecule has 1 fully saturated rings. The molecule has 6 rings (SSSR count). The molecule has 182 valence electrons. The van der Waals surface area contributed by atoms with Gasteiger partial charge in [0.2, 0.25) is 0 Å². The zero-order valence-corrected chi connectivity index (χ0v) is 20.9. The quantitative estimate of drug-likeness (QED) is 0.388. The van der Waals surface area contributed by atoms with Gasteiger partial charge >= 0.3 is 0 Å².